The Hall–Kier alpha value is -2.00. The highest BCUT2D eigenvalue weighted by Crippen LogP contribution is 2.28. The fourth-order valence-electron chi connectivity index (χ4n) is 2.61. The molecule has 1 aromatic heterocycles. The summed E-state index contributed by atoms with van der Waals surface area (Å²) in [5.74, 6) is -1.86. The van der Waals surface area contributed by atoms with Crippen LogP contribution in [0.25, 0.3) is 0 Å². The zero-order valence-electron chi connectivity index (χ0n) is 15.5. The van der Waals surface area contributed by atoms with E-state index in [0.29, 0.717) is 30.7 Å². The first kappa shape index (κ1) is 20.3. The minimum absolute atomic E-state index is 0.0866. The summed E-state index contributed by atoms with van der Waals surface area (Å²) in [4.78, 5) is 6.35. The van der Waals surface area contributed by atoms with Crippen LogP contribution in [0, 0.1) is 11.6 Å². The molecule has 9 heteroatoms. The van der Waals surface area contributed by atoms with Gasteiger partial charge in [-0.25, -0.2) is 13.8 Å². The van der Waals surface area contributed by atoms with Crippen molar-refractivity contribution < 1.29 is 21.4 Å². The molecular weight excluding hydrogens is 364 g/mol. The van der Waals surface area contributed by atoms with E-state index in [9.17, 15) is 17.2 Å². The molecular formula is C17H23F2N3O3S. The van der Waals surface area contributed by atoms with E-state index in [1.807, 2.05) is 32.8 Å². The fraction of sp³-hybridized carbons (Fsp3) is 0.471. The fourth-order valence-corrected chi connectivity index (χ4v) is 4.08. The number of imidazole rings is 1. The quantitative estimate of drug-likeness (QED) is 0.683. The van der Waals surface area contributed by atoms with Crippen molar-refractivity contribution in [1.29, 1.82) is 0 Å². The first-order valence-electron chi connectivity index (χ1n) is 8.19. The van der Waals surface area contributed by atoms with Gasteiger partial charge < -0.3 is 13.7 Å². The molecule has 0 fully saturated rings. The molecule has 26 heavy (non-hydrogen) atoms. The molecule has 144 valence electrons. The molecule has 0 aliphatic rings. The van der Waals surface area contributed by atoms with E-state index in [1.54, 1.807) is 11.5 Å². The second kappa shape index (κ2) is 7.71. The molecule has 0 N–H and O–H groups in total. The highest BCUT2D eigenvalue weighted by Gasteiger charge is 2.31. The summed E-state index contributed by atoms with van der Waals surface area (Å²) in [7, 11) is -0.629. The van der Waals surface area contributed by atoms with Crippen molar-refractivity contribution >= 4 is 10.1 Å². The van der Waals surface area contributed by atoms with Crippen molar-refractivity contribution in [1.82, 2.24) is 14.5 Å². The second-order valence-electron chi connectivity index (χ2n) is 6.50. The van der Waals surface area contributed by atoms with E-state index in [0.717, 1.165) is 12.1 Å². The number of rotatable bonds is 7. The number of hydrogen-bond acceptors (Lipinski definition) is 5. The van der Waals surface area contributed by atoms with E-state index in [1.165, 1.54) is 0 Å². The highest BCUT2D eigenvalue weighted by atomic mass is 32.2. The van der Waals surface area contributed by atoms with Crippen LogP contribution in [-0.2, 0) is 23.2 Å². The van der Waals surface area contributed by atoms with Crippen LogP contribution in [0.2, 0.25) is 0 Å². The molecule has 0 spiro atoms. The van der Waals surface area contributed by atoms with Crippen molar-refractivity contribution in [2.75, 3.05) is 14.1 Å². The van der Waals surface area contributed by atoms with E-state index in [2.05, 4.69) is 4.98 Å². The Balaban J connectivity index is 2.58. The molecule has 0 saturated heterocycles. The van der Waals surface area contributed by atoms with Crippen LogP contribution in [0.4, 0.5) is 8.78 Å². The van der Waals surface area contributed by atoms with Crippen molar-refractivity contribution in [3.63, 3.8) is 0 Å². The van der Waals surface area contributed by atoms with Gasteiger partial charge in [-0.2, -0.15) is 8.42 Å². The van der Waals surface area contributed by atoms with E-state index >= 15 is 0 Å². The Bertz CT molecular complexity index is 873. The molecule has 1 aromatic carbocycles. The van der Waals surface area contributed by atoms with Gasteiger partial charge in [-0.3, -0.25) is 0 Å². The molecule has 0 bridgehead atoms. The van der Waals surface area contributed by atoms with Gasteiger partial charge in [0, 0.05) is 24.7 Å². The van der Waals surface area contributed by atoms with Crippen LogP contribution in [0.5, 0.6) is 5.75 Å². The van der Waals surface area contributed by atoms with Crippen LogP contribution < -0.4 is 4.18 Å². The summed E-state index contributed by atoms with van der Waals surface area (Å²) in [5, 5.41) is -0.0866. The molecule has 0 saturated carbocycles. The van der Waals surface area contributed by atoms with E-state index < -0.39 is 27.5 Å². The van der Waals surface area contributed by atoms with Crippen LogP contribution in [0.3, 0.4) is 0 Å². The SMILES string of the molecule is CCn1c(CN(C)C)nc(C(C)C)c1S(=O)(=O)Oc1cc(F)cc(F)c1. The van der Waals surface area contributed by atoms with Crippen molar-refractivity contribution in [2.24, 2.45) is 0 Å². The summed E-state index contributed by atoms with van der Waals surface area (Å²) < 4.78 is 59.1. The summed E-state index contributed by atoms with van der Waals surface area (Å²) >= 11 is 0. The Morgan fingerprint density at radius 3 is 2.23 bits per heavy atom. The minimum atomic E-state index is -4.33. The number of benzene rings is 1. The normalized spacial score (nSPS) is 12.2. The largest absolute Gasteiger partial charge is 0.378 e. The predicted molar refractivity (Wildman–Crippen MR) is 93.6 cm³/mol. The summed E-state index contributed by atoms with van der Waals surface area (Å²) in [6.07, 6.45) is 0. The van der Waals surface area contributed by atoms with Crippen LogP contribution in [0.15, 0.2) is 23.2 Å². The van der Waals surface area contributed by atoms with Gasteiger partial charge in [-0.1, -0.05) is 13.8 Å². The molecule has 0 radical (unpaired) electrons. The van der Waals surface area contributed by atoms with Crippen LogP contribution in [0.1, 0.15) is 38.2 Å². The monoisotopic (exact) mass is 387 g/mol. The maximum absolute atomic E-state index is 13.4. The van der Waals surface area contributed by atoms with Gasteiger partial charge in [0.1, 0.15) is 23.2 Å². The maximum atomic E-state index is 13.4. The molecule has 0 atom stereocenters. The predicted octanol–water partition coefficient (Wildman–Crippen LogP) is 3.13. The lowest BCUT2D eigenvalue weighted by Crippen LogP contribution is -2.20. The van der Waals surface area contributed by atoms with Crippen molar-refractivity contribution in [2.45, 2.75) is 44.8 Å². The third kappa shape index (κ3) is 4.39. The third-order valence-corrected chi connectivity index (χ3v) is 4.94. The van der Waals surface area contributed by atoms with Gasteiger partial charge in [-0.05, 0) is 26.9 Å². The van der Waals surface area contributed by atoms with Gasteiger partial charge >= 0.3 is 10.1 Å². The molecule has 6 nitrogen and oxygen atoms in total. The number of aromatic nitrogens is 2. The number of nitrogens with zero attached hydrogens (tertiary/aromatic N) is 3. The van der Waals surface area contributed by atoms with Crippen molar-refractivity contribution in [3.05, 3.63) is 41.4 Å². The zero-order chi connectivity index (χ0) is 19.6. The maximum Gasteiger partial charge on any atom is 0.357 e. The summed E-state index contributed by atoms with van der Waals surface area (Å²) in [5.41, 5.74) is 0.362. The second-order valence-corrected chi connectivity index (χ2v) is 7.96. The number of hydrogen-bond donors (Lipinski definition) is 0. The standard InChI is InChI=1S/C17H23F2N3O3S/c1-6-22-15(10-21(4)5)20-16(11(2)3)17(22)26(23,24)25-14-8-12(18)7-13(19)9-14/h7-9,11H,6,10H2,1-5H3. The molecule has 0 unspecified atom stereocenters. The van der Waals surface area contributed by atoms with Crippen molar-refractivity contribution in [3.8, 4) is 5.75 Å². The van der Waals surface area contributed by atoms with E-state index in [4.69, 9.17) is 4.18 Å². The molecule has 0 aliphatic carbocycles. The topological polar surface area (TPSA) is 64.4 Å². The molecule has 0 aliphatic heterocycles. The Kier molecular flexibility index (Phi) is 6.02. The Labute approximate surface area is 152 Å². The van der Waals surface area contributed by atoms with Gasteiger partial charge in [0.2, 0.25) is 0 Å². The lowest BCUT2D eigenvalue weighted by Gasteiger charge is -2.14. The average molecular weight is 387 g/mol. The summed E-state index contributed by atoms with van der Waals surface area (Å²) in [6.45, 7) is 6.24. The van der Waals surface area contributed by atoms with Crippen LogP contribution in [-0.4, -0.2) is 37.0 Å². The molecule has 1 heterocycles. The minimum Gasteiger partial charge on any atom is -0.378 e. The first-order chi connectivity index (χ1) is 12.0. The lowest BCUT2D eigenvalue weighted by atomic mass is 10.1. The van der Waals surface area contributed by atoms with E-state index in [-0.39, 0.29) is 10.9 Å². The van der Waals surface area contributed by atoms with Gasteiger partial charge in [-0.15, -0.1) is 0 Å². The zero-order valence-corrected chi connectivity index (χ0v) is 16.3. The first-order valence-corrected chi connectivity index (χ1v) is 9.60. The highest BCUT2D eigenvalue weighted by molar-refractivity contribution is 7.87. The third-order valence-electron chi connectivity index (χ3n) is 3.62. The molecule has 2 rings (SSSR count). The Morgan fingerprint density at radius 2 is 1.77 bits per heavy atom. The van der Waals surface area contributed by atoms with Gasteiger partial charge in [0.05, 0.1) is 12.2 Å². The smallest absolute Gasteiger partial charge is 0.357 e. The molecule has 0 amide bonds. The number of halogens is 2. The molecule has 2 aromatic rings. The van der Waals surface area contributed by atoms with Gasteiger partial charge in [0.25, 0.3) is 0 Å². The Morgan fingerprint density at radius 1 is 1.19 bits per heavy atom. The van der Waals surface area contributed by atoms with Gasteiger partial charge in [0.15, 0.2) is 5.03 Å². The summed E-state index contributed by atoms with van der Waals surface area (Å²) in [6, 6.07) is 2.29. The van der Waals surface area contributed by atoms with Crippen LogP contribution >= 0.6 is 0 Å². The average Bonchev–Trinajstić information content (AvgIpc) is 2.84. The lowest BCUT2D eigenvalue weighted by molar-refractivity contribution is 0.377.